The second-order valence-corrected chi connectivity index (χ2v) is 4.48. The minimum atomic E-state index is -0.350. The fraction of sp³-hybridized carbons (Fsp3) is 0.500. The topological polar surface area (TPSA) is 58.8 Å². The van der Waals surface area contributed by atoms with Gasteiger partial charge in [0.1, 0.15) is 5.69 Å². The Morgan fingerprint density at radius 3 is 3.19 bits per heavy atom. The number of aliphatic hydroxyl groups excluding tert-OH is 1. The zero-order chi connectivity index (χ0) is 11.5. The number of ether oxygens (including phenoxy) is 1. The van der Waals surface area contributed by atoms with Crippen molar-refractivity contribution in [2.75, 3.05) is 13.7 Å². The third kappa shape index (κ3) is 2.18. The van der Waals surface area contributed by atoms with Crippen molar-refractivity contribution < 1.29 is 9.84 Å². The number of nitrogens with one attached hydrogen (secondary N) is 1. The molecule has 2 aromatic heterocycles. The number of methoxy groups -OCH3 is 1. The van der Waals surface area contributed by atoms with Crippen molar-refractivity contribution in [3.05, 3.63) is 17.3 Å². The lowest BCUT2D eigenvalue weighted by molar-refractivity contribution is 0.190. The van der Waals surface area contributed by atoms with Crippen LogP contribution in [0.3, 0.4) is 0 Å². The largest absolute Gasteiger partial charge is 0.480 e. The SMILES string of the molecule is COc1nc2sccn2c1CNCC(C)O. The van der Waals surface area contributed by atoms with Crippen LogP contribution in [0.15, 0.2) is 11.6 Å². The van der Waals surface area contributed by atoms with Gasteiger partial charge in [-0.05, 0) is 6.92 Å². The average molecular weight is 241 g/mol. The summed E-state index contributed by atoms with van der Waals surface area (Å²) in [5, 5.41) is 14.3. The molecule has 0 aliphatic carbocycles. The van der Waals surface area contributed by atoms with Gasteiger partial charge in [-0.25, -0.2) is 0 Å². The summed E-state index contributed by atoms with van der Waals surface area (Å²) in [6.07, 6.45) is 1.62. The summed E-state index contributed by atoms with van der Waals surface area (Å²) in [5.41, 5.74) is 0.986. The Hall–Kier alpha value is -1.11. The van der Waals surface area contributed by atoms with Gasteiger partial charge in [0.25, 0.3) is 0 Å². The number of imidazole rings is 1. The monoisotopic (exact) mass is 241 g/mol. The first-order valence-electron chi connectivity index (χ1n) is 5.09. The molecule has 2 heterocycles. The Morgan fingerprint density at radius 2 is 2.50 bits per heavy atom. The highest BCUT2D eigenvalue weighted by Crippen LogP contribution is 2.22. The summed E-state index contributed by atoms with van der Waals surface area (Å²) in [6, 6.07) is 0. The fourth-order valence-corrected chi connectivity index (χ4v) is 2.26. The standard InChI is InChI=1S/C10H15N3O2S/c1-7(14)5-11-6-8-9(15-2)12-10-13(8)3-4-16-10/h3-4,7,11,14H,5-6H2,1-2H3. The maximum absolute atomic E-state index is 9.17. The molecule has 16 heavy (non-hydrogen) atoms. The predicted octanol–water partition coefficient (Wildman–Crippen LogP) is 0.875. The van der Waals surface area contributed by atoms with Crippen molar-refractivity contribution in [3.8, 4) is 5.88 Å². The molecule has 2 N–H and O–H groups in total. The quantitative estimate of drug-likeness (QED) is 0.815. The highest BCUT2D eigenvalue weighted by molar-refractivity contribution is 7.15. The van der Waals surface area contributed by atoms with E-state index in [0.717, 1.165) is 10.7 Å². The number of rotatable bonds is 5. The first-order valence-corrected chi connectivity index (χ1v) is 5.97. The lowest BCUT2D eigenvalue weighted by Crippen LogP contribution is -2.24. The molecular formula is C10H15N3O2S. The van der Waals surface area contributed by atoms with Crippen molar-refractivity contribution in [2.45, 2.75) is 19.6 Å². The smallest absolute Gasteiger partial charge is 0.237 e. The van der Waals surface area contributed by atoms with Crippen LogP contribution < -0.4 is 10.1 Å². The number of aromatic nitrogens is 2. The first-order chi connectivity index (χ1) is 7.72. The summed E-state index contributed by atoms with van der Waals surface area (Å²) in [4.78, 5) is 5.27. The maximum Gasteiger partial charge on any atom is 0.237 e. The van der Waals surface area contributed by atoms with E-state index in [1.165, 1.54) is 0 Å². The van der Waals surface area contributed by atoms with Gasteiger partial charge >= 0.3 is 0 Å². The van der Waals surface area contributed by atoms with E-state index >= 15 is 0 Å². The lowest BCUT2D eigenvalue weighted by atomic mass is 10.4. The molecule has 0 saturated heterocycles. The Morgan fingerprint density at radius 1 is 1.69 bits per heavy atom. The zero-order valence-electron chi connectivity index (χ0n) is 9.30. The molecule has 0 radical (unpaired) electrons. The van der Waals surface area contributed by atoms with Gasteiger partial charge in [-0.15, -0.1) is 11.3 Å². The van der Waals surface area contributed by atoms with Crippen molar-refractivity contribution in [3.63, 3.8) is 0 Å². The van der Waals surface area contributed by atoms with Crippen molar-refractivity contribution >= 4 is 16.3 Å². The van der Waals surface area contributed by atoms with E-state index in [0.29, 0.717) is 19.0 Å². The van der Waals surface area contributed by atoms with E-state index in [4.69, 9.17) is 9.84 Å². The Bertz CT molecular complexity index is 464. The summed E-state index contributed by atoms with van der Waals surface area (Å²) in [7, 11) is 1.62. The number of aliphatic hydroxyl groups is 1. The molecule has 6 heteroatoms. The molecule has 2 aromatic rings. The van der Waals surface area contributed by atoms with Gasteiger partial charge in [0.05, 0.1) is 13.2 Å². The number of nitrogens with zero attached hydrogens (tertiary/aromatic N) is 2. The molecule has 0 aliphatic heterocycles. The van der Waals surface area contributed by atoms with Crippen LogP contribution >= 0.6 is 11.3 Å². The fourth-order valence-electron chi connectivity index (χ4n) is 1.54. The second kappa shape index (κ2) is 4.82. The number of hydrogen-bond acceptors (Lipinski definition) is 5. The van der Waals surface area contributed by atoms with Crippen LogP contribution in [0.4, 0.5) is 0 Å². The van der Waals surface area contributed by atoms with Crippen LogP contribution in [0.5, 0.6) is 5.88 Å². The van der Waals surface area contributed by atoms with Gasteiger partial charge in [-0.3, -0.25) is 4.40 Å². The molecule has 0 aliphatic rings. The molecule has 0 spiro atoms. The van der Waals surface area contributed by atoms with E-state index in [9.17, 15) is 0 Å². The molecule has 1 atom stereocenters. The molecule has 0 bridgehead atoms. The normalized spacial score (nSPS) is 13.2. The molecule has 0 fully saturated rings. The number of fused-ring (bicyclic) bond motifs is 1. The minimum absolute atomic E-state index is 0.350. The van der Waals surface area contributed by atoms with Crippen molar-refractivity contribution in [1.82, 2.24) is 14.7 Å². The lowest BCUT2D eigenvalue weighted by Gasteiger charge is -2.07. The molecule has 2 rings (SSSR count). The molecule has 88 valence electrons. The van der Waals surface area contributed by atoms with Crippen molar-refractivity contribution in [2.24, 2.45) is 0 Å². The van der Waals surface area contributed by atoms with Gasteiger partial charge in [0.15, 0.2) is 4.96 Å². The summed E-state index contributed by atoms with van der Waals surface area (Å²) in [6.45, 7) is 2.94. The van der Waals surface area contributed by atoms with Crippen LogP contribution in [0.25, 0.3) is 4.96 Å². The van der Waals surface area contributed by atoms with Crippen molar-refractivity contribution in [1.29, 1.82) is 0 Å². The van der Waals surface area contributed by atoms with Crippen LogP contribution in [0, 0.1) is 0 Å². The van der Waals surface area contributed by atoms with E-state index in [2.05, 4.69) is 10.3 Å². The first kappa shape index (κ1) is 11.4. The number of hydrogen-bond donors (Lipinski definition) is 2. The molecule has 1 unspecified atom stereocenters. The summed E-state index contributed by atoms with van der Waals surface area (Å²) < 4.78 is 7.22. The van der Waals surface area contributed by atoms with Crippen LogP contribution in [0.1, 0.15) is 12.6 Å². The molecule has 0 saturated carbocycles. The van der Waals surface area contributed by atoms with E-state index in [1.54, 1.807) is 25.4 Å². The zero-order valence-corrected chi connectivity index (χ0v) is 10.1. The van der Waals surface area contributed by atoms with E-state index in [-0.39, 0.29) is 6.10 Å². The second-order valence-electron chi connectivity index (χ2n) is 3.60. The van der Waals surface area contributed by atoms with Crippen LogP contribution in [-0.2, 0) is 6.54 Å². The van der Waals surface area contributed by atoms with Gasteiger partial charge < -0.3 is 15.2 Å². The Balaban J connectivity index is 2.16. The van der Waals surface area contributed by atoms with Gasteiger partial charge in [0.2, 0.25) is 5.88 Å². The van der Waals surface area contributed by atoms with Crippen LogP contribution in [0.2, 0.25) is 0 Å². The molecule has 0 aromatic carbocycles. The Labute approximate surface area is 97.7 Å². The van der Waals surface area contributed by atoms with E-state index in [1.807, 2.05) is 16.0 Å². The van der Waals surface area contributed by atoms with Gasteiger partial charge in [-0.2, -0.15) is 4.98 Å². The molecule has 0 amide bonds. The highest BCUT2D eigenvalue weighted by Gasteiger charge is 2.12. The molecular weight excluding hydrogens is 226 g/mol. The summed E-state index contributed by atoms with van der Waals surface area (Å²) >= 11 is 1.57. The Kier molecular flexibility index (Phi) is 3.42. The number of thiazole rings is 1. The van der Waals surface area contributed by atoms with Gasteiger partial charge in [0, 0.05) is 24.7 Å². The molecule has 5 nitrogen and oxygen atoms in total. The highest BCUT2D eigenvalue weighted by atomic mass is 32.1. The maximum atomic E-state index is 9.17. The third-order valence-electron chi connectivity index (χ3n) is 2.25. The average Bonchev–Trinajstić information content (AvgIpc) is 2.79. The minimum Gasteiger partial charge on any atom is -0.480 e. The van der Waals surface area contributed by atoms with E-state index < -0.39 is 0 Å². The van der Waals surface area contributed by atoms with Crippen LogP contribution in [-0.4, -0.2) is 34.2 Å². The third-order valence-corrected chi connectivity index (χ3v) is 3.01. The predicted molar refractivity (Wildman–Crippen MR) is 63.0 cm³/mol. The van der Waals surface area contributed by atoms with Gasteiger partial charge in [-0.1, -0.05) is 0 Å². The summed E-state index contributed by atoms with van der Waals surface area (Å²) in [5.74, 6) is 0.643.